The number of aryl methyl sites for hydroxylation is 1. The first-order valence-corrected chi connectivity index (χ1v) is 9.40. The number of ether oxygens (including phenoxy) is 2. The molecule has 0 aliphatic carbocycles. The van der Waals surface area contributed by atoms with Crippen molar-refractivity contribution < 1.29 is 27.8 Å². The third-order valence-corrected chi connectivity index (χ3v) is 5.01. The molecule has 0 spiro atoms. The Morgan fingerprint density at radius 3 is 2.68 bits per heavy atom. The van der Waals surface area contributed by atoms with Gasteiger partial charge in [0.15, 0.2) is 0 Å². The summed E-state index contributed by atoms with van der Waals surface area (Å²) in [5, 5.41) is 13.7. The molecule has 31 heavy (non-hydrogen) atoms. The van der Waals surface area contributed by atoms with Crippen molar-refractivity contribution in [2.45, 2.75) is 18.4 Å². The minimum Gasteiger partial charge on any atom is -0.406 e. The Morgan fingerprint density at radius 1 is 1.29 bits per heavy atom. The Balaban J connectivity index is 1.72. The fraction of sp³-hybridized carbons (Fsp3) is 0.350. The standard InChI is InChI=1S/C20H19F3N4O4/c1-27-11-26-16-14(12-2-4-13(5-3-12)31-20(21,22)23)8-24-17(15(16)18(27)28)25-9-19(29)6-7-30-10-19/h2-5,8,11,29H,6-7,9-10H2,1H3,(H,24,25)/t19-/m0/s1. The van der Waals surface area contributed by atoms with Crippen molar-refractivity contribution in [1.82, 2.24) is 14.5 Å². The number of nitrogens with one attached hydrogen (secondary N) is 1. The highest BCUT2D eigenvalue weighted by molar-refractivity contribution is 5.98. The zero-order chi connectivity index (χ0) is 22.2. The predicted molar refractivity (Wildman–Crippen MR) is 106 cm³/mol. The average molecular weight is 436 g/mol. The number of pyridine rings is 1. The van der Waals surface area contributed by atoms with Gasteiger partial charge in [-0.15, -0.1) is 13.2 Å². The lowest BCUT2D eigenvalue weighted by atomic mass is 10.0. The lowest BCUT2D eigenvalue weighted by Gasteiger charge is -2.21. The first-order chi connectivity index (χ1) is 14.7. The van der Waals surface area contributed by atoms with Crippen LogP contribution in [-0.4, -0.2) is 51.4 Å². The van der Waals surface area contributed by atoms with E-state index >= 15 is 0 Å². The summed E-state index contributed by atoms with van der Waals surface area (Å²) in [6, 6.07) is 5.22. The highest BCUT2D eigenvalue weighted by Crippen LogP contribution is 2.31. The molecule has 1 saturated heterocycles. The van der Waals surface area contributed by atoms with Crippen LogP contribution in [0, 0.1) is 0 Å². The van der Waals surface area contributed by atoms with Gasteiger partial charge in [0.1, 0.15) is 22.6 Å². The van der Waals surface area contributed by atoms with Gasteiger partial charge in [-0.25, -0.2) is 9.97 Å². The van der Waals surface area contributed by atoms with Crippen molar-refractivity contribution >= 4 is 16.7 Å². The molecule has 2 N–H and O–H groups in total. The second kappa shape index (κ2) is 7.82. The molecule has 1 atom stereocenters. The number of halogens is 3. The average Bonchev–Trinajstić information content (AvgIpc) is 3.15. The summed E-state index contributed by atoms with van der Waals surface area (Å²) in [5.41, 5.74) is -0.0933. The summed E-state index contributed by atoms with van der Waals surface area (Å²) in [6.07, 6.45) is -1.49. The summed E-state index contributed by atoms with van der Waals surface area (Å²) in [5.74, 6) is -0.104. The zero-order valence-corrected chi connectivity index (χ0v) is 16.4. The van der Waals surface area contributed by atoms with Crippen molar-refractivity contribution in [1.29, 1.82) is 0 Å². The SMILES string of the molecule is Cn1cnc2c(-c3ccc(OC(F)(F)F)cc3)cnc(NC[C@@]3(O)CCOC3)c2c1=O. The molecule has 3 aromatic rings. The van der Waals surface area contributed by atoms with E-state index in [1.807, 2.05) is 0 Å². The van der Waals surface area contributed by atoms with Crippen molar-refractivity contribution in [3.63, 3.8) is 0 Å². The van der Waals surface area contributed by atoms with Crippen LogP contribution in [0.4, 0.5) is 19.0 Å². The molecule has 0 amide bonds. The fourth-order valence-electron chi connectivity index (χ4n) is 3.38. The maximum atomic E-state index is 12.8. The summed E-state index contributed by atoms with van der Waals surface area (Å²) in [6.45, 7) is 0.761. The van der Waals surface area contributed by atoms with Crippen LogP contribution in [0.1, 0.15) is 6.42 Å². The molecule has 1 aliphatic heterocycles. The largest absolute Gasteiger partial charge is 0.573 e. The van der Waals surface area contributed by atoms with E-state index in [4.69, 9.17) is 4.74 Å². The third-order valence-electron chi connectivity index (χ3n) is 5.01. The molecule has 4 rings (SSSR count). The quantitative estimate of drug-likeness (QED) is 0.634. The summed E-state index contributed by atoms with van der Waals surface area (Å²) < 4.78 is 47.6. The summed E-state index contributed by atoms with van der Waals surface area (Å²) in [7, 11) is 1.55. The molecule has 3 heterocycles. The molecule has 1 fully saturated rings. The minimum atomic E-state index is -4.79. The molecule has 11 heteroatoms. The van der Waals surface area contributed by atoms with Gasteiger partial charge < -0.3 is 24.5 Å². The van der Waals surface area contributed by atoms with Gasteiger partial charge in [0, 0.05) is 38.4 Å². The van der Waals surface area contributed by atoms with Gasteiger partial charge in [0.25, 0.3) is 5.56 Å². The number of benzene rings is 1. The van der Waals surface area contributed by atoms with E-state index in [1.54, 1.807) is 7.05 Å². The third kappa shape index (κ3) is 4.47. The van der Waals surface area contributed by atoms with Crippen LogP contribution in [0.2, 0.25) is 0 Å². The Morgan fingerprint density at radius 2 is 2.03 bits per heavy atom. The Bertz CT molecular complexity index is 1160. The second-order valence-electron chi connectivity index (χ2n) is 7.36. The maximum Gasteiger partial charge on any atom is 0.573 e. The molecule has 0 unspecified atom stereocenters. The number of rotatable bonds is 5. The molecular weight excluding hydrogens is 417 g/mol. The molecular formula is C20H19F3N4O4. The van der Waals surface area contributed by atoms with E-state index < -0.39 is 12.0 Å². The van der Waals surface area contributed by atoms with Gasteiger partial charge in [-0.1, -0.05) is 12.1 Å². The molecule has 164 valence electrons. The van der Waals surface area contributed by atoms with Crippen LogP contribution in [0.15, 0.2) is 41.6 Å². The number of aromatic nitrogens is 3. The Kier molecular flexibility index (Phi) is 5.31. The highest BCUT2D eigenvalue weighted by atomic mass is 19.4. The minimum absolute atomic E-state index is 0.135. The number of nitrogens with zero attached hydrogens (tertiary/aromatic N) is 3. The molecule has 2 aromatic heterocycles. The van der Waals surface area contributed by atoms with Gasteiger partial charge in [-0.2, -0.15) is 0 Å². The van der Waals surface area contributed by atoms with Crippen LogP contribution < -0.4 is 15.6 Å². The number of hydrogen-bond acceptors (Lipinski definition) is 7. The fourth-order valence-corrected chi connectivity index (χ4v) is 3.38. The molecule has 0 radical (unpaired) electrons. The van der Waals surface area contributed by atoms with E-state index in [1.165, 1.54) is 41.4 Å². The highest BCUT2D eigenvalue weighted by Gasteiger charge is 2.33. The van der Waals surface area contributed by atoms with E-state index in [2.05, 4.69) is 20.0 Å². The van der Waals surface area contributed by atoms with E-state index in [0.29, 0.717) is 29.7 Å². The lowest BCUT2D eigenvalue weighted by molar-refractivity contribution is -0.274. The van der Waals surface area contributed by atoms with Crippen molar-refractivity contribution in [3.8, 4) is 16.9 Å². The maximum absolute atomic E-state index is 12.8. The topological polar surface area (TPSA) is 98.5 Å². The van der Waals surface area contributed by atoms with Gasteiger partial charge in [0.2, 0.25) is 0 Å². The van der Waals surface area contributed by atoms with E-state index in [-0.39, 0.29) is 35.7 Å². The monoisotopic (exact) mass is 436 g/mol. The van der Waals surface area contributed by atoms with Gasteiger partial charge in [0.05, 0.1) is 18.5 Å². The van der Waals surface area contributed by atoms with Gasteiger partial charge in [-0.05, 0) is 17.7 Å². The van der Waals surface area contributed by atoms with Crippen LogP contribution in [-0.2, 0) is 11.8 Å². The van der Waals surface area contributed by atoms with Gasteiger partial charge >= 0.3 is 6.36 Å². The van der Waals surface area contributed by atoms with Crippen molar-refractivity contribution in [2.24, 2.45) is 7.05 Å². The van der Waals surface area contributed by atoms with Crippen LogP contribution >= 0.6 is 0 Å². The number of aliphatic hydroxyl groups is 1. The molecule has 1 aromatic carbocycles. The second-order valence-corrected chi connectivity index (χ2v) is 7.36. The lowest BCUT2D eigenvalue weighted by Crippen LogP contribution is -2.37. The normalized spacial score (nSPS) is 19.0. The van der Waals surface area contributed by atoms with Crippen molar-refractivity contribution in [2.75, 3.05) is 25.1 Å². The number of fused-ring (bicyclic) bond motifs is 1. The Hall–Kier alpha value is -3.18. The molecule has 1 aliphatic rings. The number of hydrogen-bond donors (Lipinski definition) is 2. The summed E-state index contributed by atoms with van der Waals surface area (Å²) >= 11 is 0. The number of anilines is 1. The Labute approximate surface area is 174 Å². The van der Waals surface area contributed by atoms with Crippen LogP contribution in [0.5, 0.6) is 5.75 Å². The van der Waals surface area contributed by atoms with E-state index in [9.17, 15) is 23.1 Å². The first-order valence-electron chi connectivity index (χ1n) is 9.40. The predicted octanol–water partition coefficient (Wildman–Crippen LogP) is 2.46. The summed E-state index contributed by atoms with van der Waals surface area (Å²) in [4.78, 5) is 21.5. The van der Waals surface area contributed by atoms with Crippen LogP contribution in [0.25, 0.3) is 22.0 Å². The van der Waals surface area contributed by atoms with E-state index in [0.717, 1.165) is 0 Å². The van der Waals surface area contributed by atoms with Crippen LogP contribution in [0.3, 0.4) is 0 Å². The van der Waals surface area contributed by atoms with Gasteiger partial charge in [-0.3, -0.25) is 4.79 Å². The molecule has 0 saturated carbocycles. The number of alkyl halides is 3. The molecule has 8 nitrogen and oxygen atoms in total. The molecule has 0 bridgehead atoms. The smallest absolute Gasteiger partial charge is 0.406 e. The first kappa shape index (κ1) is 21.1. The van der Waals surface area contributed by atoms with Crippen molar-refractivity contribution in [3.05, 3.63) is 47.1 Å². The zero-order valence-electron chi connectivity index (χ0n) is 16.4.